The standard InChI is InChI=1S/C22H30N2O2/c1-17-10-11-20(19-8-6-5-7-9-19)24(17)16-18-12-14-23(15-13-18)21(25)26-22(2,3)4/h5-11,18H,12-16H2,1-4H3. The summed E-state index contributed by atoms with van der Waals surface area (Å²) in [5.41, 5.74) is 3.39. The average molecular weight is 354 g/mol. The van der Waals surface area contributed by atoms with Gasteiger partial charge >= 0.3 is 6.09 Å². The Morgan fingerprint density at radius 1 is 1.08 bits per heavy atom. The minimum Gasteiger partial charge on any atom is -0.444 e. The third-order valence-corrected chi connectivity index (χ3v) is 4.98. The molecule has 140 valence electrons. The summed E-state index contributed by atoms with van der Waals surface area (Å²) < 4.78 is 7.92. The molecule has 1 amide bonds. The van der Waals surface area contributed by atoms with Crippen molar-refractivity contribution in [3.63, 3.8) is 0 Å². The number of piperidine rings is 1. The van der Waals surface area contributed by atoms with E-state index in [-0.39, 0.29) is 6.09 Å². The Hall–Kier alpha value is -2.23. The van der Waals surface area contributed by atoms with Gasteiger partial charge in [-0.25, -0.2) is 4.79 Å². The van der Waals surface area contributed by atoms with Gasteiger partial charge in [0.1, 0.15) is 5.60 Å². The molecule has 1 saturated heterocycles. The Kier molecular flexibility index (Phi) is 5.40. The van der Waals surface area contributed by atoms with Gasteiger partial charge in [-0.1, -0.05) is 30.3 Å². The lowest BCUT2D eigenvalue weighted by Crippen LogP contribution is -2.42. The first-order chi connectivity index (χ1) is 12.3. The second-order valence-electron chi connectivity index (χ2n) is 8.25. The zero-order valence-electron chi connectivity index (χ0n) is 16.4. The number of nitrogens with zero attached hydrogens (tertiary/aromatic N) is 2. The maximum atomic E-state index is 12.2. The number of ether oxygens (including phenoxy) is 1. The molecule has 1 fully saturated rings. The second-order valence-corrected chi connectivity index (χ2v) is 8.25. The Balaban J connectivity index is 1.62. The van der Waals surface area contributed by atoms with Crippen molar-refractivity contribution in [1.82, 2.24) is 9.47 Å². The van der Waals surface area contributed by atoms with Crippen molar-refractivity contribution in [1.29, 1.82) is 0 Å². The molecule has 1 aliphatic heterocycles. The normalized spacial score (nSPS) is 15.9. The van der Waals surface area contributed by atoms with E-state index in [9.17, 15) is 4.79 Å². The summed E-state index contributed by atoms with van der Waals surface area (Å²) in [6.07, 6.45) is 1.86. The molecule has 0 unspecified atom stereocenters. The van der Waals surface area contributed by atoms with Gasteiger partial charge in [-0.05, 0) is 64.2 Å². The van der Waals surface area contributed by atoms with E-state index in [0.717, 1.165) is 32.5 Å². The lowest BCUT2D eigenvalue weighted by Gasteiger charge is -2.34. The van der Waals surface area contributed by atoms with Gasteiger partial charge in [0, 0.05) is 31.0 Å². The van der Waals surface area contributed by atoms with E-state index in [1.165, 1.54) is 17.0 Å². The summed E-state index contributed by atoms with van der Waals surface area (Å²) in [5, 5.41) is 0. The zero-order chi connectivity index (χ0) is 18.7. The summed E-state index contributed by atoms with van der Waals surface area (Å²) in [5.74, 6) is 0.585. The molecule has 4 nitrogen and oxygen atoms in total. The van der Waals surface area contributed by atoms with Crippen LogP contribution in [0.1, 0.15) is 39.3 Å². The molecule has 0 atom stereocenters. The highest BCUT2D eigenvalue weighted by molar-refractivity contribution is 5.68. The van der Waals surface area contributed by atoms with Crippen molar-refractivity contribution in [2.75, 3.05) is 13.1 Å². The van der Waals surface area contributed by atoms with E-state index in [4.69, 9.17) is 4.74 Å². The summed E-state index contributed by atoms with van der Waals surface area (Å²) in [6, 6.07) is 14.9. The van der Waals surface area contributed by atoms with E-state index in [1.807, 2.05) is 25.7 Å². The molecule has 4 heteroatoms. The van der Waals surface area contributed by atoms with Crippen LogP contribution in [0.2, 0.25) is 0 Å². The Bertz CT molecular complexity index is 735. The fourth-order valence-corrected chi connectivity index (χ4v) is 3.56. The van der Waals surface area contributed by atoms with E-state index in [0.29, 0.717) is 5.92 Å². The van der Waals surface area contributed by atoms with E-state index >= 15 is 0 Å². The van der Waals surface area contributed by atoms with Crippen molar-refractivity contribution >= 4 is 6.09 Å². The Morgan fingerprint density at radius 3 is 2.35 bits per heavy atom. The van der Waals surface area contributed by atoms with Gasteiger partial charge in [-0.2, -0.15) is 0 Å². The number of benzene rings is 1. The van der Waals surface area contributed by atoms with Crippen LogP contribution in [-0.2, 0) is 11.3 Å². The molecule has 26 heavy (non-hydrogen) atoms. The van der Waals surface area contributed by atoms with Crippen LogP contribution < -0.4 is 0 Å². The summed E-state index contributed by atoms with van der Waals surface area (Å²) in [6.45, 7) is 10.5. The van der Waals surface area contributed by atoms with Crippen molar-refractivity contribution in [3.8, 4) is 11.3 Å². The lowest BCUT2D eigenvalue weighted by molar-refractivity contribution is 0.0178. The zero-order valence-corrected chi connectivity index (χ0v) is 16.4. The molecule has 1 aliphatic rings. The van der Waals surface area contributed by atoms with Crippen LogP contribution in [0.4, 0.5) is 4.79 Å². The first-order valence-electron chi connectivity index (χ1n) is 9.53. The largest absolute Gasteiger partial charge is 0.444 e. The molecule has 0 N–H and O–H groups in total. The number of carbonyl (C=O) groups is 1. The monoisotopic (exact) mass is 354 g/mol. The van der Waals surface area contributed by atoms with E-state index < -0.39 is 5.60 Å². The predicted octanol–water partition coefficient (Wildman–Crippen LogP) is 5.11. The Labute approximate surface area is 156 Å². The molecule has 0 spiro atoms. The minimum absolute atomic E-state index is 0.182. The molecular formula is C22H30N2O2. The van der Waals surface area contributed by atoms with Gasteiger partial charge in [-0.3, -0.25) is 0 Å². The molecule has 3 rings (SSSR count). The van der Waals surface area contributed by atoms with Crippen LogP contribution in [0, 0.1) is 12.8 Å². The minimum atomic E-state index is -0.430. The number of aryl methyl sites for hydroxylation is 1. The van der Waals surface area contributed by atoms with Crippen LogP contribution in [-0.4, -0.2) is 34.3 Å². The highest BCUT2D eigenvalue weighted by Gasteiger charge is 2.27. The fraction of sp³-hybridized carbons (Fsp3) is 0.500. The summed E-state index contributed by atoms with van der Waals surface area (Å²) in [7, 11) is 0. The van der Waals surface area contributed by atoms with Crippen LogP contribution in [0.3, 0.4) is 0 Å². The third-order valence-electron chi connectivity index (χ3n) is 4.98. The average Bonchev–Trinajstić information content (AvgIpc) is 2.95. The number of hydrogen-bond acceptors (Lipinski definition) is 2. The van der Waals surface area contributed by atoms with Crippen molar-refractivity contribution in [3.05, 3.63) is 48.2 Å². The van der Waals surface area contributed by atoms with Crippen molar-refractivity contribution < 1.29 is 9.53 Å². The first-order valence-corrected chi connectivity index (χ1v) is 9.53. The molecule has 0 saturated carbocycles. The molecular weight excluding hydrogens is 324 g/mol. The number of likely N-dealkylation sites (tertiary alicyclic amines) is 1. The number of carbonyl (C=O) groups excluding carboxylic acids is 1. The van der Waals surface area contributed by atoms with E-state index in [1.54, 1.807) is 0 Å². The van der Waals surface area contributed by atoms with Crippen molar-refractivity contribution in [2.24, 2.45) is 5.92 Å². The molecule has 0 radical (unpaired) electrons. The molecule has 1 aromatic heterocycles. The number of rotatable bonds is 3. The van der Waals surface area contributed by atoms with Crippen molar-refractivity contribution in [2.45, 2.75) is 52.7 Å². The van der Waals surface area contributed by atoms with Crippen LogP contribution in [0.15, 0.2) is 42.5 Å². The molecule has 0 aliphatic carbocycles. The molecule has 2 heterocycles. The summed E-state index contributed by atoms with van der Waals surface area (Å²) >= 11 is 0. The molecule has 2 aromatic rings. The number of hydrogen-bond donors (Lipinski definition) is 0. The van der Waals surface area contributed by atoms with Gasteiger partial charge < -0.3 is 14.2 Å². The van der Waals surface area contributed by atoms with Gasteiger partial charge in [0.05, 0.1) is 0 Å². The highest BCUT2D eigenvalue weighted by Crippen LogP contribution is 2.27. The maximum absolute atomic E-state index is 12.2. The van der Waals surface area contributed by atoms with Crippen LogP contribution >= 0.6 is 0 Å². The van der Waals surface area contributed by atoms with Crippen LogP contribution in [0.25, 0.3) is 11.3 Å². The van der Waals surface area contributed by atoms with Gasteiger partial charge in [0.15, 0.2) is 0 Å². The highest BCUT2D eigenvalue weighted by atomic mass is 16.6. The molecule has 1 aromatic carbocycles. The first kappa shape index (κ1) is 18.6. The van der Waals surface area contributed by atoms with E-state index in [2.05, 4.69) is 54.0 Å². The number of amides is 1. The quantitative estimate of drug-likeness (QED) is 0.767. The maximum Gasteiger partial charge on any atom is 0.410 e. The predicted molar refractivity (Wildman–Crippen MR) is 105 cm³/mol. The number of aromatic nitrogens is 1. The second kappa shape index (κ2) is 7.56. The van der Waals surface area contributed by atoms with Gasteiger partial charge in [0.2, 0.25) is 0 Å². The summed E-state index contributed by atoms with van der Waals surface area (Å²) in [4.78, 5) is 14.1. The molecule has 0 bridgehead atoms. The smallest absolute Gasteiger partial charge is 0.410 e. The topological polar surface area (TPSA) is 34.5 Å². The third kappa shape index (κ3) is 4.48. The Morgan fingerprint density at radius 2 is 1.73 bits per heavy atom. The fourth-order valence-electron chi connectivity index (χ4n) is 3.56. The SMILES string of the molecule is Cc1ccc(-c2ccccc2)n1CC1CCN(C(=O)OC(C)(C)C)CC1. The van der Waals surface area contributed by atoms with Gasteiger partial charge in [-0.15, -0.1) is 0 Å². The van der Waals surface area contributed by atoms with Crippen LogP contribution in [0.5, 0.6) is 0 Å². The lowest BCUT2D eigenvalue weighted by atomic mass is 9.96. The van der Waals surface area contributed by atoms with Gasteiger partial charge in [0.25, 0.3) is 0 Å².